The number of thioether (sulfide) groups is 1. The molecule has 22 heavy (non-hydrogen) atoms. The van der Waals surface area contributed by atoms with E-state index in [1.807, 2.05) is 17.5 Å². The van der Waals surface area contributed by atoms with Crippen molar-refractivity contribution in [3.05, 3.63) is 27.3 Å². The summed E-state index contributed by atoms with van der Waals surface area (Å²) in [6.45, 7) is 0. The quantitative estimate of drug-likeness (QED) is 0.505. The van der Waals surface area contributed by atoms with Crippen LogP contribution in [0.2, 0.25) is 0 Å². The Kier molecular flexibility index (Phi) is 5.33. The predicted octanol–water partition coefficient (Wildman–Crippen LogP) is -0.402. The van der Waals surface area contributed by atoms with Gasteiger partial charge in [-0.25, -0.2) is 0 Å². The maximum absolute atomic E-state index is 12.3. The minimum absolute atomic E-state index is 0.0698. The van der Waals surface area contributed by atoms with Gasteiger partial charge < -0.3 is 19.8 Å². The van der Waals surface area contributed by atoms with Crippen LogP contribution >= 0.6 is 35.3 Å². The molecule has 1 fully saturated rings. The van der Waals surface area contributed by atoms with Gasteiger partial charge in [0.1, 0.15) is 4.32 Å². The Balaban J connectivity index is 2.22. The van der Waals surface area contributed by atoms with E-state index in [4.69, 9.17) is 12.2 Å². The van der Waals surface area contributed by atoms with Gasteiger partial charge in [0.05, 0.1) is 16.9 Å². The molecular weight excluding hydrogens is 346 g/mol. The first-order chi connectivity index (χ1) is 10.4. The highest BCUT2D eigenvalue weighted by Gasteiger charge is 2.37. The molecule has 1 saturated heterocycles. The van der Waals surface area contributed by atoms with Gasteiger partial charge in [0.15, 0.2) is 0 Å². The Morgan fingerprint density at radius 1 is 1.41 bits per heavy atom. The molecule has 0 aromatic carbocycles. The van der Waals surface area contributed by atoms with Crippen molar-refractivity contribution in [2.45, 2.75) is 18.9 Å². The summed E-state index contributed by atoms with van der Waals surface area (Å²) in [7, 11) is 0. The molecule has 9 heteroatoms. The summed E-state index contributed by atoms with van der Waals surface area (Å²) in [6, 6.07) is 2.21. The number of rotatable bonds is 6. The van der Waals surface area contributed by atoms with Crippen molar-refractivity contribution in [3.8, 4) is 0 Å². The van der Waals surface area contributed by atoms with E-state index in [-0.39, 0.29) is 10.7 Å². The number of carbonyl (C=O) groups is 3. The summed E-state index contributed by atoms with van der Waals surface area (Å²) in [4.78, 5) is 36.1. The van der Waals surface area contributed by atoms with Crippen LogP contribution in [-0.4, -0.2) is 33.1 Å². The number of carboxylic acid groups (broad SMARTS) is 2. The first-order valence-electron chi connectivity index (χ1n) is 6.11. The molecule has 0 radical (unpaired) electrons. The molecule has 1 aliphatic rings. The lowest BCUT2D eigenvalue weighted by molar-refractivity contribution is -0.311. The van der Waals surface area contributed by atoms with Gasteiger partial charge in [-0.3, -0.25) is 9.69 Å². The van der Waals surface area contributed by atoms with Crippen LogP contribution in [0.1, 0.15) is 17.7 Å². The van der Waals surface area contributed by atoms with Crippen LogP contribution in [0, 0.1) is 0 Å². The minimum Gasteiger partial charge on any atom is -0.550 e. The summed E-state index contributed by atoms with van der Waals surface area (Å²) < 4.78 is 0.0698. The van der Waals surface area contributed by atoms with Crippen LogP contribution in [0.3, 0.4) is 0 Å². The molecule has 1 atom stereocenters. The molecule has 0 saturated carbocycles. The molecule has 0 unspecified atom stereocenters. The lowest BCUT2D eigenvalue weighted by atomic mass is 10.1. The standard InChI is InChI=1S/C13H11NO5S3/c15-10(16)4-3-8(12(18)19)14-11(17)9(22-13(14)20)6-7-2-1-5-21-7/h1-2,5-6,8H,3-4H2,(H,15,16)(H,18,19)/p-2/b9-6-/t8-/m1/s1. The molecule has 1 aromatic rings. The fourth-order valence-corrected chi connectivity index (χ4v) is 3.94. The maximum atomic E-state index is 12.3. The number of carbonyl (C=O) groups excluding carboxylic acids is 3. The van der Waals surface area contributed by atoms with Crippen LogP contribution in [0.15, 0.2) is 22.4 Å². The van der Waals surface area contributed by atoms with Crippen LogP contribution < -0.4 is 10.2 Å². The van der Waals surface area contributed by atoms with Crippen LogP contribution in [0.4, 0.5) is 0 Å². The summed E-state index contributed by atoms with van der Waals surface area (Å²) in [5.74, 6) is -3.50. The third-order valence-electron chi connectivity index (χ3n) is 2.85. The van der Waals surface area contributed by atoms with Crippen molar-refractivity contribution in [2.24, 2.45) is 0 Å². The molecule has 116 valence electrons. The molecule has 0 bridgehead atoms. The largest absolute Gasteiger partial charge is 0.550 e. The van der Waals surface area contributed by atoms with Gasteiger partial charge in [0, 0.05) is 10.8 Å². The zero-order valence-corrected chi connectivity index (χ0v) is 13.5. The van der Waals surface area contributed by atoms with E-state index in [0.29, 0.717) is 4.91 Å². The number of thiophene rings is 1. The molecule has 1 aliphatic heterocycles. The number of hydrogen-bond donors (Lipinski definition) is 0. The molecule has 1 amide bonds. The summed E-state index contributed by atoms with van der Waals surface area (Å²) in [6.07, 6.45) is 0.804. The second kappa shape index (κ2) is 7.03. The SMILES string of the molecule is O=C([O-])CC[C@H](C(=O)[O-])N1C(=O)/C(=C/c2cccs2)SC1=S. The normalized spacial score (nSPS) is 18.0. The van der Waals surface area contributed by atoms with Crippen molar-refractivity contribution >= 4 is 63.6 Å². The average molecular weight is 355 g/mol. The Bertz CT molecular complexity index is 653. The van der Waals surface area contributed by atoms with Crippen molar-refractivity contribution in [2.75, 3.05) is 0 Å². The second-order valence-electron chi connectivity index (χ2n) is 4.31. The Hall–Kier alpha value is -1.71. The van der Waals surface area contributed by atoms with Crippen LogP contribution in [-0.2, 0) is 14.4 Å². The van der Waals surface area contributed by atoms with Gasteiger partial charge in [-0.2, -0.15) is 0 Å². The lowest BCUT2D eigenvalue weighted by Crippen LogP contribution is -2.50. The van der Waals surface area contributed by atoms with Crippen LogP contribution in [0.25, 0.3) is 6.08 Å². The number of hydrogen-bond acceptors (Lipinski definition) is 8. The fourth-order valence-electron chi connectivity index (χ4n) is 1.86. The van der Waals surface area contributed by atoms with E-state index in [0.717, 1.165) is 21.5 Å². The van der Waals surface area contributed by atoms with E-state index >= 15 is 0 Å². The number of nitrogens with zero attached hydrogens (tertiary/aromatic N) is 1. The first kappa shape index (κ1) is 16.7. The number of aliphatic carboxylic acids is 2. The maximum Gasteiger partial charge on any atom is 0.266 e. The van der Waals surface area contributed by atoms with Crippen molar-refractivity contribution < 1.29 is 24.6 Å². The smallest absolute Gasteiger partial charge is 0.266 e. The third kappa shape index (κ3) is 3.73. The first-order valence-corrected chi connectivity index (χ1v) is 8.22. The summed E-state index contributed by atoms with van der Waals surface area (Å²) in [5, 5.41) is 23.6. The molecule has 1 aromatic heterocycles. The van der Waals surface area contributed by atoms with E-state index < -0.39 is 30.3 Å². The molecular formula is C13H9NO5S3-2. The highest BCUT2D eigenvalue weighted by atomic mass is 32.2. The number of thiocarbonyl (C=S) groups is 1. The molecule has 6 nitrogen and oxygen atoms in total. The highest BCUT2D eigenvalue weighted by Crippen LogP contribution is 2.35. The van der Waals surface area contributed by atoms with E-state index in [1.54, 1.807) is 6.08 Å². The Morgan fingerprint density at radius 3 is 2.68 bits per heavy atom. The molecule has 2 rings (SSSR count). The fraction of sp³-hybridized carbons (Fsp3) is 0.231. The van der Waals surface area contributed by atoms with Gasteiger partial charge in [0.2, 0.25) is 0 Å². The second-order valence-corrected chi connectivity index (χ2v) is 6.97. The minimum atomic E-state index is -1.55. The lowest BCUT2D eigenvalue weighted by Gasteiger charge is -2.27. The summed E-state index contributed by atoms with van der Waals surface area (Å²) >= 11 is 7.45. The van der Waals surface area contributed by atoms with Crippen molar-refractivity contribution in [3.63, 3.8) is 0 Å². The average Bonchev–Trinajstić information content (AvgIpc) is 3.02. The van der Waals surface area contributed by atoms with Gasteiger partial charge >= 0.3 is 0 Å². The zero-order valence-electron chi connectivity index (χ0n) is 11.0. The Labute approximate surface area is 139 Å². The van der Waals surface area contributed by atoms with Gasteiger partial charge in [0.25, 0.3) is 5.91 Å². The van der Waals surface area contributed by atoms with E-state index in [2.05, 4.69) is 0 Å². The molecule has 0 N–H and O–H groups in total. The molecule has 0 spiro atoms. The van der Waals surface area contributed by atoms with E-state index in [9.17, 15) is 24.6 Å². The summed E-state index contributed by atoms with van der Waals surface area (Å²) in [5.41, 5.74) is 0. The van der Waals surface area contributed by atoms with Gasteiger partial charge in [-0.15, -0.1) is 11.3 Å². The number of amides is 1. The number of carboxylic acids is 2. The highest BCUT2D eigenvalue weighted by molar-refractivity contribution is 8.26. The van der Waals surface area contributed by atoms with Crippen LogP contribution in [0.5, 0.6) is 0 Å². The molecule has 0 aliphatic carbocycles. The topological polar surface area (TPSA) is 101 Å². The van der Waals surface area contributed by atoms with Crippen molar-refractivity contribution in [1.29, 1.82) is 0 Å². The monoisotopic (exact) mass is 355 g/mol. The van der Waals surface area contributed by atoms with Gasteiger partial charge in [-0.1, -0.05) is 30.0 Å². The zero-order chi connectivity index (χ0) is 16.3. The van der Waals surface area contributed by atoms with E-state index in [1.165, 1.54) is 11.3 Å². The Morgan fingerprint density at radius 2 is 2.14 bits per heavy atom. The van der Waals surface area contributed by atoms with Crippen molar-refractivity contribution in [1.82, 2.24) is 4.90 Å². The third-order valence-corrected chi connectivity index (χ3v) is 5.00. The molecule has 2 heterocycles. The van der Waals surface area contributed by atoms with Gasteiger partial charge in [-0.05, 0) is 30.4 Å². The predicted molar refractivity (Wildman–Crippen MR) is 82.4 cm³/mol.